The van der Waals surface area contributed by atoms with Crippen molar-refractivity contribution in [1.29, 1.82) is 0 Å². The normalized spacial score (nSPS) is 20.6. The summed E-state index contributed by atoms with van der Waals surface area (Å²) in [6, 6.07) is 6.83. The summed E-state index contributed by atoms with van der Waals surface area (Å²) in [5.41, 5.74) is 2.47. The molecule has 4 rings (SSSR count). The molecule has 2 aliphatic rings. The number of aromatic nitrogens is 2. The highest BCUT2D eigenvalue weighted by molar-refractivity contribution is 5.95. The van der Waals surface area contributed by atoms with E-state index in [-0.39, 0.29) is 17.8 Å². The van der Waals surface area contributed by atoms with Crippen molar-refractivity contribution >= 4 is 5.91 Å². The molecule has 1 amide bonds. The maximum absolute atomic E-state index is 13.2. The van der Waals surface area contributed by atoms with Crippen molar-refractivity contribution in [3.63, 3.8) is 0 Å². The Labute approximate surface area is 172 Å². The van der Waals surface area contributed by atoms with Crippen LogP contribution >= 0.6 is 0 Å². The van der Waals surface area contributed by atoms with E-state index < -0.39 is 0 Å². The van der Waals surface area contributed by atoms with E-state index in [4.69, 9.17) is 4.98 Å². The Morgan fingerprint density at radius 1 is 1.07 bits per heavy atom. The van der Waals surface area contributed by atoms with Gasteiger partial charge < -0.3 is 4.90 Å². The van der Waals surface area contributed by atoms with Gasteiger partial charge in [0, 0.05) is 25.8 Å². The highest BCUT2D eigenvalue weighted by atomic mass is 19.1. The molecule has 0 bridgehead atoms. The molecule has 0 saturated carbocycles. The molecule has 0 spiro atoms. The van der Waals surface area contributed by atoms with E-state index in [0.29, 0.717) is 5.56 Å². The molecule has 2 saturated heterocycles. The maximum Gasteiger partial charge on any atom is 0.257 e. The van der Waals surface area contributed by atoms with Crippen molar-refractivity contribution in [3.8, 4) is 0 Å². The van der Waals surface area contributed by atoms with Gasteiger partial charge in [0.1, 0.15) is 11.6 Å². The van der Waals surface area contributed by atoms with Gasteiger partial charge >= 0.3 is 0 Å². The van der Waals surface area contributed by atoms with E-state index in [1.54, 1.807) is 6.20 Å². The van der Waals surface area contributed by atoms with Crippen LogP contribution in [0, 0.1) is 12.7 Å². The minimum absolute atomic E-state index is 0.0561. The van der Waals surface area contributed by atoms with E-state index in [2.05, 4.69) is 9.88 Å². The van der Waals surface area contributed by atoms with Gasteiger partial charge in [-0.05, 0) is 63.3 Å². The van der Waals surface area contributed by atoms with Gasteiger partial charge in [0.2, 0.25) is 0 Å². The predicted octanol–water partition coefficient (Wildman–Crippen LogP) is 4.28. The van der Waals surface area contributed by atoms with Crippen molar-refractivity contribution < 1.29 is 9.18 Å². The summed E-state index contributed by atoms with van der Waals surface area (Å²) in [5, 5.41) is 0. The lowest BCUT2D eigenvalue weighted by Gasteiger charge is -2.35. The number of piperidine rings is 2. The summed E-state index contributed by atoms with van der Waals surface area (Å²) in [7, 11) is 0. The summed E-state index contributed by atoms with van der Waals surface area (Å²) in [4.78, 5) is 26.5. The third-order valence-electron chi connectivity index (χ3n) is 6.08. The Balaban J connectivity index is 1.51. The number of halogens is 1. The average Bonchev–Trinajstić information content (AvgIpc) is 2.76. The van der Waals surface area contributed by atoms with Crippen molar-refractivity contribution in [2.75, 3.05) is 19.6 Å². The molecule has 0 radical (unpaired) electrons. The van der Waals surface area contributed by atoms with Crippen LogP contribution in [0.4, 0.5) is 4.39 Å². The summed E-state index contributed by atoms with van der Waals surface area (Å²) < 4.78 is 13.2. The van der Waals surface area contributed by atoms with E-state index in [1.165, 1.54) is 18.6 Å². The predicted molar refractivity (Wildman–Crippen MR) is 110 cm³/mol. The van der Waals surface area contributed by atoms with Crippen LogP contribution in [-0.2, 0) is 6.54 Å². The maximum atomic E-state index is 13.2. The Morgan fingerprint density at radius 2 is 1.79 bits per heavy atom. The van der Waals surface area contributed by atoms with Crippen LogP contribution in [0.5, 0.6) is 0 Å². The van der Waals surface area contributed by atoms with Crippen LogP contribution in [0.2, 0.25) is 0 Å². The molecule has 154 valence electrons. The van der Waals surface area contributed by atoms with Gasteiger partial charge in [-0.2, -0.15) is 0 Å². The molecule has 1 atom stereocenters. The Kier molecular flexibility index (Phi) is 6.19. The molecule has 0 aliphatic carbocycles. The molecule has 0 N–H and O–H groups in total. The van der Waals surface area contributed by atoms with Gasteiger partial charge in [0.15, 0.2) is 0 Å². The van der Waals surface area contributed by atoms with E-state index in [0.717, 1.165) is 75.4 Å². The second-order valence-electron chi connectivity index (χ2n) is 8.19. The number of carbonyl (C=O) groups excluding carboxylic acids is 1. The Morgan fingerprint density at radius 3 is 2.52 bits per heavy atom. The topological polar surface area (TPSA) is 49.3 Å². The smallest absolute Gasteiger partial charge is 0.257 e. The van der Waals surface area contributed by atoms with Gasteiger partial charge in [0.25, 0.3) is 5.91 Å². The first kappa shape index (κ1) is 20.0. The molecule has 2 aliphatic heterocycles. The highest BCUT2D eigenvalue weighted by Gasteiger charge is 2.28. The number of hydrogen-bond donors (Lipinski definition) is 0. The number of nitrogens with zero attached hydrogens (tertiary/aromatic N) is 4. The number of amides is 1. The zero-order valence-electron chi connectivity index (χ0n) is 17.1. The molecule has 3 heterocycles. The van der Waals surface area contributed by atoms with E-state index >= 15 is 0 Å². The molecule has 29 heavy (non-hydrogen) atoms. The fraction of sp³-hybridized carbons (Fsp3) is 0.522. The Bertz CT molecular complexity index is 848. The molecule has 1 aromatic carbocycles. The van der Waals surface area contributed by atoms with Gasteiger partial charge in [-0.25, -0.2) is 14.4 Å². The minimum Gasteiger partial charge on any atom is -0.339 e. The first-order chi connectivity index (χ1) is 14.1. The minimum atomic E-state index is -0.211. The molecule has 5 nitrogen and oxygen atoms in total. The quantitative estimate of drug-likeness (QED) is 0.774. The fourth-order valence-electron chi connectivity index (χ4n) is 4.42. The number of aryl methyl sites for hydroxylation is 1. The molecule has 2 aromatic rings. The number of likely N-dealkylation sites (tertiary alicyclic amines) is 2. The third-order valence-corrected chi connectivity index (χ3v) is 6.08. The van der Waals surface area contributed by atoms with E-state index in [9.17, 15) is 9.18 Å². The monoisotopic (exact) mass is 396 g/mol. The highest BCUT2D eigenvalue weighted by Crippen LogP contribution is 2.30. The van der Waals surface area contributed by atoms with Gasteiger partial charge in [-0.3, -0.25) is 9.69 Å². The SMILES string of the molecule is Cc1nc(C2CCCCN2Cc2ccc(F)cc2)ncc1C(=O)N1CCCCC1. The zero-order valence-corrected chi connectivity index (χ0v) is 17.1. The molecular formula is C23H29FN4O. The largest absolute Gasteiger partial charge is 0.339 e. The molecule has 2 fully saturated rings. The van der Waals surface area contributed by atoms with Gasteiger partial charge in [-0.1, -0.05) is 18.6 Å². The number of rotatable bonds is 4. The molecular weight excluding hydrogens is 367 g/mol. The molecule has 1 aromatic heterocycles. The van der Waals surface area contributed by atoms with Crippen LogP contribution in [0.3, 0.4) is 0 Å². The molecule has 1 unspecified atom stereocenters. The van der Waals surface area contributed by atoms with Crippen molar-refractivity contribution in [3.05, 3.63) is 58.9 Å². The summed E-state index contributed by atoms with van der Waals surface area (Å²) in [6.07, 6.45) is 8.35. The number of benzene rings is 1. The Hall–Kier alpha value is -2.34. The summed E-state index contributed by atoms with van der Waals surface area (Å²) in [6.45, 7) is 5.29. The second kappa shape index (κ2) is 8.99. The van der Waals surface area contributed by atoms with Crippen LogP contribution in [0.1, 0.15) is 72.0 Å². The van der Waals surface area contributed by atoms with Gasteiger partial charge in [0.05, 0.1) is 17.3 Å². The lowest BCUT2D eigenvalue weighted by atomic mass is 10.00. The first-order valence-corrected chi connectivity index (χ1v) is 10.7. The lowest BCUT2D eigenvalue weighted by molar-refractivity contribution is 0.0722. The first-order valence-electron chi connectivity index (χ1n) is 10.7. The van der Waals surface area contributed by atoms with Crippen LogP contribution < -0.4 is 0 Å². The zero-order chi connectivity index (χ0) is 20.2. The van der Waals surface area contributed by atoms with Gasteiger partial charge in [-0.15, -0.1) is 0 Å². The van der Waals surface area contributed by atoms with Crippen molar-refractivity contribution in [1.82, 2.24) is 19.8 Å². The third kappa shape index (κ3) is 4.64. The van der Waals surface area contributed by atoms with E-state index in [1.807, 2.05) is 24.0 Å². The van der Waals surface area contributed by atoms with Crippen LogP contribution in [0.15, 0.2) is 30.5 Å². The van der Waals surface area contributed by atoms with Crippen LogP contribution in [-0.4, -0.2) is 45.3 Å². The standard InChI is InChI=1S/C23H29FN4O/c1-17-20(23(29)27-12-4-2-5-13-27)15-25-22(26-17)21-7-3-6-14-28(21)16-18-8-10-19(24)11-9-18/h8-11,15,21H,2-7,12-14,16H2,1H3. The van der Waals surface area contributed by atoms with Crippen molar-refractivity contribution in [2.45, 2.75) is 58.0 Å². The fourth-order valence-corrected chi connectivity index (χ4v) is 4.42. The van der Waals surface area contributed by atoms with Crippen molar-refractivity contribution in [2.24, 2.45) is 0 Å². The summed E-state index contributed by atoms with van der Waals surface area (Å²) in [5.74, 6) is 0.636. The number of carbonyl (C=O) groups is 1. The lowest BCUT2D eigenvalue weighted by Crippen LogP contribution is -2.37. The van der Waals surface area contributed by atoms with Crippen LogP contribution in [0.25, 0.3) is 0 Å². The molecule has 6 heteroatoms. The second-order valence-corrected chi connectivity index (χ2v) is 8.19. The summed E-state index contributed by atoms with van der Waals surface area (Å²) >= 11 is 0. The number of hydrogen-bond acceptors (Lipinski definition) is 4. The average molecular weight is 397 g/mol.